The molecule has 1 aromatic heterocycles. The molecule has 0 unspecified atom stereocenters. The number of alkyl halides is 2. The van der Waals surface area contributed by atoms with Gasteiger partial charge in [-0.1, -0.05) is 35.9 Å². The summed E-state index contributed by atoms with van der Waals surface area (Å²) in [5, 5.41) is 6.11. The van der Waals surface area contributed by atoms with Crippen LogP contribution in [0.3, 0.4) is 0 Å². The Kier molecular flexibility index (Phi) is 6.88. The summed E-state index contributed by atoms with van der Waals surface area (Å²) in [5.41, 5.74) is -0.00733. The number of amides is 1. The van der Waals surface area contributed by atoms with Gasteiger partial charge in [-0.2, -0.15) is 8.78 Å². The van der Waals surface area contributed by atoms with E-state index in [1.807, 2.05) is 0 Å². The molecule has 1 aliphatic carbocycles. The number of halogens is 4. The van der Waals surface area contributed by atoms with E-state index in [1.54, 1.807) is 6.92 Å². The first-order valence-corrected chi connectivity index (χ1v) is 10.1. The maximum Gasteiger partial charge on any atom is 0.387 e. The summed E-state index contributed by atoms with van der Waals surface area (Å²) in [5.74, 6) is -0.937. The molecule has 0 aromatic carbocycles. The third-order valence-corrected chi connectivity index (χ3v) is 5.60. The zero-order chi connectivity index (χ0) is 21.9. The van der Waals surface area contributed by atoms with Crippen LogP contribution in [0.2, 0.25) is 10.0 Å². The molecule has 3 rings (SSSR count). The Morgan fingerprint density at radius 1 is 1.37 bits per heavy atom. The number of pyridine rings is 1. The van der Waals surface area contributed by atoms with Gasteiger partial charge in [0.1, 0.15) is 5.60 Å². The Bertz CT molecular complexity index is 892. The molecule has 1 aliphatic heterocycles. The number of anilines is 1. The van der Waals surface area contributed by atoms with E-state index in [0.29, 0.717) is 6.54 Å². The third-order valence-electron chi connectivity index (χ3n) is 5.03. The molecule has 0 atom stereocenters. The number of rotatable bonds is 6. The van der Waals surface area contributed by atoms with Crippen LogP contribution in [0, 0.1) is 0 Å². The first kappa shape index (κ1) is 22.4. The standard InChI is InChI=1S/C20H21Cl2F2N3O3/c1-3-12(18(28)27-16-13(21)8-25-9-14(16)22)15-17(11(2)29-19(23)24)30-20(10-26-15)6-4-5-7-20/h3,8-9,19,26H,2,4-7,10H2,1H3,(H,25,27,28)/b12-3+. The third kappa shape index (κ3) is 4.70. The minimum atomic E-state index is -3.08. The summed E-state index contributed by atoms with van der Waals surface area (Å²) in [6.45, 7) is 2.56. The highest BCUT2D eigenvalue weighted by Crippen LogP contribution is 2.40. The van der Waals surface area contributed by atoms with Crippen LogP contribution in [0.1, 0.15) is 32.6 Å². The van der Waals surface area contributed by atoms with Crippen LogP contribution < -0.4 is 10.6 Å². The number of ether oxygens (including phenoxy) is 2. The van der Waals surface area contributed by atoms with Crippen molar-refractivity contribution in [1.29, 1.82) is 0 Å². The lowest BCUT2D eigenvalue weighted by Crippen LogP contribution is -2.46. The van der Waals surface area contributed by atoms with Crippen LogP contribution in [-0.4, -0.2) is 29.6 Å². The van der Waals surface area contributed by atoms with E-state index in [9.17, 15) is 13.6 Å². The predicted octanol–water partition coefficient (Wildman–Crippen LogP) is 5.17. The normalized spacial score (nSPS) is 18.3. The van der Waals surface area contributed by atoms with Gasteiger partial charge >= 0.3 is 6.61 Å². The highest BCUT2D eigenvalue weighted by atomic mass is 35.5. The van der Waals surface area contributed by atoms with E-state index in [1.165, 1.54) is 18.5 Å². The molecule has 1 fully saturated rings. The quantitative estimate of drug-likeness (QED) is 0.453. The van der Waals surface area contributed by atoms with Crippen LogP contribution in [0.5, 0.6) is 0 Å². The average molecular weight is 460 g/mol. The lowest BCUT2D eigenvalue weighted by atomic mass is 9.97. The van der Waals surface area contributed by atoms with E-state index in [-0.39, 0.29) is 38.5 Å². The fourth-order valence-corrected chi connectivity index (χ4v) is 4.07. The van der Waals surface area contributed by atoms with Crippen molar-refractivity contribution >= 4 is 34.8 Å². The second kappa shape index (κ2) is 9.22. The van der Waals surface area contributed by atoms with Gasteiger partial charge in [0.05, 0.1) is 33.5 Å². The van der Waals surface area contributed by atoms with Gasteiger partial charge in [0.2, 0.25) is 0 Å². The Balaban J connectivity index is 1.95. The summed E-state index contributed by atoms with van der Waals surface area (Å²) >= 11 is 12.1. The molecule has 0 saturated heterocycles. The van der Waals surface area contributed by atoms with E-state index < -0.39 is 18.1 Å². The summed E-state index contributed by atoms with van der Waals surface area (Å²) in [4.78, 5) is 16.8. The van der Waals surface area contributed by atoms with Gasteiger partial charge in [-0.25, -0.2) is 0 Å². The van der Waals surface area contributed by atoms with Gasteiger partial charge in [-0.05, 0) is 32.6 Å². The van der Waals surface area contributed by atoms with E-state index in [4.69, 9.17) is 27.9 Å². The Labute approximate surface area is 182 Å². The first-order valence-electron chi connectivity index (χ1n) is 9.34. The molecule has 1 amide bonds. The van der Waals surface area contributed by atoms with Crippen molar-refractivity contribution in [2.75, 3.05) is 11.9 Å². The smallest absolute Gasteiger partial charge is 0.387 e. The number of allylic oxidation sites excluding steroid dienone is 1. The van der Waals surface area contributed by atoms with Crippen molar-refractivity contribution in [2.45, 2.75) is 44.8 Å². The van der Waals surface area contributed by atoms with Crippen molar-refractivity contribution in [3.05, 3.63) is 57.9 Å². The Hall–Kier alpha value is -2.32. The maximum atomic E-state index is 13.0. The van der Waals surface area contributed by atoms with Crippen LogP contribution in [0.25, 0.3) is 0 Å². The zero-order valence-electron chi connectivity index (χ0n) is 16.2. The number of carbonyl (C=O) groups is 1. The molecular formula is C20H21Cl2F2N3O3. The first-order chi connectivity index (χ1) is 14.3. The summed E-state index contributed by atoms with van der Waals surface area (Å²) in [6, 6.07) is 0. The topological polar surface area (TPSA) is 72.5 Å². The zero-order valence-corrected chi connectivity index (χ0v) is 17.7. The molecule has 10 heteroatoms. The average Bonchev–Trinajstić information content (AvgIpc) is 3.14. The van der Waals surface area contributed by atoms with Gasteiger partial charge in [-0.15, -0.1) is 0 Å². The molecule has 2 heterocycles. The fraction of sp³-hybridized carbons (Fsp3) is 0.400. The van der Waals surface area contributed by atoms with E-state index >= 15 is 0 Å². The molecule has 1 saturated carbocycles. The summed E-state index contributed by atoms with van der Waals surface area (Å²) in [7, 11) is 0. The number of hydrogen-bond donors (Lipinski definition) is 2. The maximum absolute atomic E-state index is 13.0. The van der Waals surface area contributed by atoms with Gasteiger partial charge in [-0.3, -0.25) is 9.78 Å². The summed E-state index contributed by atoms with van der Waals surface area (Å²) < 4.78 is 36.3. The monoisotopic (exact) mass is 459 g/mol. The van der Waals surface area contributed by atoms with Crippen molar-refractivity contribution in [1.82, 2.24) is 10.3 Å². The lowest BCUT2D eigenvalue weighted by molar-refractivity contribution is -0.113. The molecule has 1 aromatic rings. The number of hydrogen-bond acceptors (Lipinski definition) is 5. The largest absolute Gasteiger partial charge is 0.479 e. The summed E-state index contributed by atoms with van der Waals surface area (Å²) in [6.07, 6.45) is 7.65. The van der Waals surface area contributed by atoms with Gasteiger partial charge in [0.15, 0.2) is 11.5 Å². The lowest BCUT2D eigenvalue weighted by Gasteiger charge is -2.38. The van der Waals surface area contributed by atoms with Crippen molar-refractivity contribution in [2.24, 2.45) is 0 Å². The fourth-order valence-electron chi connectivity index (χ4n) is 3.61. The van der Waals surface area contributed by atoms with E-state index in [0.717, 1.165) is 25.7 Å². The van der Waals surface area contributed by atoms with Gasteiger partial charge in [0.25, 0.3) is 5.91 Å². The van der Waals surface area contributed by atoms with Gasteiger partial charge < -0.3 is 20.1 Å². The molecule has 2 N–H and O–H groups in total. The molecule has 0 bridgehead atoms. The van der Waals surface area contributed by atoms with Crippen molar-refractivity contribution < 1.29 is 23.0 Å². The SMILES string of the molecule is C=C(OC(F)F)C1=C(/C(=C\C)C(=O)Nc2c(Cl)cncc2Cl)NCC2(CCCC2)O1. The van der Waals surface area contributed by atoms with Crippen molar-refractivity contribution in [3.63, 3.8) is 0 Å². The van der Waals surface area contributed by atoms with Gasteiger partial charge in [0, 0.05) is 12.4 Å². The second-order valence-corrected chi connectivity index (χ2v) is 7.80. The van der Waals surface area contributed by atoms with E-state index in [2.05, 4.69) is 26.9 Å². The number of nitrogens with one attached hydrogen (secondary N) is 2. The highest BCUT2D eigenvalue weighted by Gasteiger charge is 2.42. The molecule has 2 aliphatic rings. The molecule has 0 radical (unpaired) electrons. The minimum absolute atomic E-state index is 0.0152. The molecule has 30 heavy (non-hydrogen) atoms. The molecular weight excluding hydrogens is 439 g/mol. The van der Waals surface area contributed by atoms with Crippen LogP contribution in [0.15, 0.2) is 47.8 Å². The molecule has 6 nitrogen and oxygen atoms in total. The predicted molar refractivity (Wildman–Crippen MR) is 110 cm³/mol. The second-order valence-electron chi connectivity index (χ2n) is 6.99. The Morgan fingerprint density at radius 2 is 2.00 bits per heavy atom. The molecule has 1 spiro atoms. The van der Waals surface area contributed by atoms with Crippen LogP contribution in [-0.2, 0) is 14.3 Å². The van der Waals surface area contributed by atoms with Crippen molar-refractivity contribution in [3.8, 4) is 0 Å². The molecule has 162 valence electrons. The number of aromatic nitrogens is 1. The number of carbonyl (C=O) groups excluding carboxylic acids is 1. The van der Waals surface area contributed by atoms with Crippen LogP contribution in [0.4, 0.5) is 14.5 Å². The number of nitrogens with zero attached hydrogens (tertiary/aromatic N) is 1. The Morgan fingerprint density at radius 3 is 2.57 bits per heavy atom. The highest BCUT2D eigenvalue weighted by molar-refractivity contribution is 6.39. The van der Waals surface area contributed by atoms with Crippen LogP contribution >= 0.6 is 23.2 Å². The minimum Gasteiger partial charge on any atom is -0.479 e.